The van der Waals surface area contributed by atoms with E-state index in [-0.39, 0.29) is 17.4 Å². The number of amides is 3. The van der Waals surface area contributed by atoms with Gasteiger partial charge in [-0.15, -0.1) is 0 Å². The van der Waals surface area contributed by atoms with Crippen LogP contribution in [0.2, 0.25) is 0 Å². The lowest BCUT2D eigenvalue weighted by atomic mass is 9.74. The van der Waals surface area contributed by atoms with E-state index >= 15 is 0 Å². The molecule has 1 fully saturated rings. The van der Waals surface area contributed by atoms with E-state index in [1.54, 1.807) is 12.1 Å². The summed E-state index contributed by atoms with van der Waals surface area (Å²) in [5.74, 6) is -2.79. The summed E-state index contributed by atoms with van der Waals surface area (Å²) in [5.41, 5.74) is 0.746. The van der Waals surface area contributed by atoms with Gasteiger partial charge in [0.2, 0.25) is 0 Å². The fourth-order valence-electron chi connectivity index (χ4n) is 5.17. The molecule has 0 radical (unpaired) electrons. The van der Waals surface area contributed by atoms with Crippen molar-refractivity contribution in [1.29, 1.82) is 5.26 Å². The topological polar surface area (TPSA) is 79.7 Å². The van der Waals surface area contributed by atoms with Crippen molar-refractivity contribution in [2.24, 2.45) is 0 Å². The Morgan fingerprint density at radius 2 is 1.76 bits per heavy atom. The van der Waals surface area contributed by atoms with Gasteiger partial charge in [0.15, 0.2) is 11.6 Å². The molecule has 0 aromatic heterocycles. The molecule has 38 heavy (non-hydrogen) atoms. The number of likely N-dealkylation sites (tertiary alicyclic amines) is 1. The van der Waals surface area contributed by atoms with Crippen molar-refractivity contribution >= 4 is 11.9 Å². The number of carbonyl (C=O) groups excluding carboxylic acids is 2. The zero-order valence-electron chi connectivity index (χ0n) is 21.4. The van der Waals surface area contributed by atoms with Crippen LogP contribution in [0.3, 0.4) is 0 Å². The molecule has 200 valence electrons. The van der Waals surface area contributed by atoms with Crippen LogP contribution in [-0.4, -0.2) is 66.9 Å². The first-order valence-corrected chi connectivity index (χ1v) is 12.5. The van der Waals surface area contributed by atoms with Gasteiger partial charge in [0.05, 0.1) is 23.1 Å². The molecular weight excluding hydrogens is 495 g/mol. The zero-order chi connectivity index (χ0) is 27.4. The predicted molar refractivity (Wildman–Crippen MR) is 135 cm³/mol. The number of likely N-dealkylation sites (N-methyl/N-ethyl adjacent to an activating group) is 1. The predicted octanol–water partition coefficient (Wildman–Crippen LogP) is 4.09. The molecule has 10 heteroatoms. The van der Waals surface area contributed by atoms with Crippen molar-refractivity contribution in [3.63, 3.8) is 0 Å². The first-order valence-electron chi connectivity index (χ1n) is 12.5. The maximum Gasteiger partial charge on any atom is 0.324 e. The van der Waals surface area contributed by atoms with Crippen molar-refractivity contribution in [3.05, 3.63) is 82.8 Å². The normalized spacial score (nSPS) is 19.6. The first-order chi connectivity index (χ1) is 18.1. The van der Waals surface area contributed by atoms with E-state index in [9.17, 15) is 28.0 Å². The van der Waals surface area contributed by atoms with Crippen LogP contribution < -0.4 is 5.32 Å². The highest BCUT2D eigenvalue weighted by Crippen LogP contribution is 2.35. The third kappa shape index (κ3) is 5.53. The average molecular weight is 526 g/mol. The SMILES string of the molecule is CN1C=C(C(=O)NCCCN2CCC(C#N)(c3ccc(F)cc3)CC2)C(c2ccc(F)c(F)c2)N(C)C1=O. The summed E-state index contributed by atoms with van der Waals surface area (Å²) in [4.78, 5) is 30.4. The molecule has 2 heterocycles. The summed E-state index contributed by atoms with van der Waals surface area (Å²) in [6.45, 7) is 2.51. The lowest BCUT2D eigenvalue weighted by Gasteiger charge is -2.38. The van der Waals surface area contributed by atoms with Crippen molar-refractivity contribution < 1.29 is 22.8 Å². The minimum absolute atomic E-state index is 0.247. The standard InChI is InChI=1S/C28H30F3N5O2/c1-34-17-22(25(35(2)27(34)38)19-4-9-23(30)24(31)16-19)26(37)33-12-3-13-36-14-10-28(18-32,11-15-36)20-5-7-21(29)8-6-20/h4-9,16-17,25H,3,10-15H2,1-2H3,(H,33,37). The van der Waals surface area contributed by atoms with Crippen LogP contribution in [0.4, 0.5) is 18.0 Å². The minimum atomic E-state index is -1.05. The Bertz CT molecular complexity index is 1270. The van der Waals surface area contributed by atoms with E-state index in [0.717, 1.165) is 24.2 Å². The van der Waals surface area contributed by atoms with Crippen LogP contribution in [0.15, 0.2) is 54.2 Å². The van der Waals surface area contributed by atoms with Gasteiger partial charge < -0.3 is 20.0 Å². The molecule has 2 aromatic rings. The third-order valence-electron chi connectivity index (χ3n) is 7.40. The second-order valence-corrected chi connectivity index (χ2v) is 9.82. The smallest absolute Gasteiger partial charge is 0.324 e. The lowest BCUT2D eigenvalue weighted by Crippen LogP contribution is -2.46. The van der Waals surface area contributed by atoms with Crippen molar-refractivity contribution in [1.82, 2.24) is 20.0 Å². The van der Waals surface area contributed by atoms with Gasteiger partial charge in [0.25, 0.3) is 5.91 Å². The van der Waals surface area contributed by atoms with Crippen molar-refractivity contribution in [2.75, 3.05) is 40.3 Å². The van der Waals surface area contributed by atoms with Crippen molar-refractivity contribution in [2.45, 2.75) is 30.7 Å². The highest BCUT2D eigenvalue weighted by Gasteiger charge is 2.37. The van der Waals surface area contributed by atoms with E-state index in [1.165, 1.54) is 48.3 Å². The molecule has 0 bridgehead atoms. The summed E-state index contributed by atoms with van der Waals surface area (Å²) in [6.07, 6.45) is 3.36. The number of rotatable bonds is 7. The minimum Gasteiger partial charge on any atom is -0.352 e. The Labute approximate surface area is 220 Å². The number of halogens is 3. The maximum absolute atomic E-state index is 13.9. The Hall–Kier alpha value is -3.84. The molecule has 0 spiro atoms. The number of nitriles is 1. The Morgan fingerprint density at radius 1 is 1.08 bits per heavy atom. The molecule has 7 nitrogen and oxygen atoms in total. The van der Waals surface area contributed by atoms with Gasteiger partial charge >= 0.3 is 6.03 Å². The summed E-state index contributed by atoms with van der Waals surface area (Å²) < 4.78 is 40.7. The van der Waals surface area contributed by atoms with E-state index < -0.39 is 29.0 Å². The van der Waals surface area contributed by atoms with Gasteiger partial charge in [-0.25, -0.2) is 18.0 Å². The molecule has 1 atom stereocenters. The molecule has 3 amide bonds. The highest BCUT2D eigenvalue weighted by atomic mass is 19.2. The van der Waals surface area contributed by atoms with Crippen LogP contribution in [0.1, 0.15) is 36.4 Å². The van der Waals surface area contributed by atoms with E-state index in [0.29, 0.717) is 44.5 Å². The van der Waals surface area contributed by atoms with Gasteiger partial charge in [-0.05, 0) is 74.3 Å². The van der Waals surface area contributed by atoms with Gasteiger partial charge in [0.1, 0.15) is 5.82 Å². The number of hydrogen-bond acceptors (Lipinski definition) is 4. The first kappa shape index (κ1) is 27.2. The van der Waals surface area contributed by atoms with Gasteiger partial charge in [-0.3, -0.25) is 4.79 Å². The molecule has 1 unspecified atom stereocenters. The average Bonchev–Trinajstić information content (AvgIpc) is 2.92. The number of benzene rings is 2. The largest absolute Gasteiger partial charge is 0.352 e. The summed E-state index contributed by atoms with van der Waals surface area (Å²) in [6, 6.07) is 10.7. The van der Waals surface area contributed by atoms with Gasteiger partial charge in [0, 0.05) is 26.8 Å². The van der Waals surface area contributed by atoms with Gasteiger partial charge in [-0.1, -0.05) is 18.2 Å². The molecule has 4 rings (SSSR count). The molecular formula is C28H30F3N5O2. The molecule has 1 saturated heterocycles. The molecule has 0 aliphatic carbocycles. The number of nitrogens with one attached hydrogen (secondary N) is 1. The van der Waals surface area contributed by atoms with Crippen molar-refractivity contribution in [3.8, 4) is 6.07 Å². The van der Waals surface area contributed by atoms with E-state index in [1.807, 2.05) is 0 Å². The fourth-order valence-corrected chi connectivity index (χ4v) is 5.17. The third-order valence-corrected chi connectivity index (χ3v) is 7.40. The van der Waals surface area contributed by atoms with Gasteiger partial charge in [-0.2, -0.15) is 5.26 Å². The summed E-state index contributed by atoms with van der Waals surface area (Å²) >= 11 is 0. The van der Waals surface area contributed by atoms with Crippen LogP contribution in [0.5, 0.6) is 0 Å². The number of piperidine rings is 1. The fraction of sp³-hybridized carbons (Fsp3) is 0.393. The van der Waals surface area contributed by atoms with Crippen LogP contribution in [0.25, 0.3) is 0 Å². The number of hydrogen-bond donors (Lipinski definition) is 1. The lowest BCUT2D eigenvalue weighted by molar-refractivity contribution is -0.118. The van der Waals surface area contributed by atoms with Crippen LogP contribution in [-0.2, 0) is 10.2 Å². The Morgan fingerprint density at radius 3 is 2.39 bits per heavy atom. The Kier molecular flexibility index (Phi) is 8.07. The second-order valence-electron chi connectivity index (χ2n) is 9.82. The molecule has 2 aromatic carbocycles. The summed E-state index contributed by atoms with van der Waals surface area (Å²) in [5, 5.41) is 12.7. The van der Waals surface area contributed by atoms with E-state index in [2.05, 4.69) is 16.3 Å². The second kappa shape index (κ2) is 11.3. The quantitative estimate of drug-likeness (QED) is 0.553. The van der Waals surface area contributed by atoms with Crippen LogP contribution >= 0.6 is 0 Å². The number of carbonyl (C=O) groups is 2. The highest BCUT2D eigenvalue weighted by molar-refractivity contribution is 5.97. The van der Waals surface area contributed by atoms with Crippen LogP contribution in [0, 0.1) is 28.8 Å². The molecule has 0 saturated carbocycles. The number of nitrogens with zero attached hydrogens (tertiary/aromatic N) is 4. The maximum atomic E-state index is 13.9. The van der Waals surface area contributed by atoms with E-state index in [4.69, 9.17) is 0 Å². The monoisotopic (exact) mass is 525 g/mol. The Balaban J connectivity index is 1.33. The zero-order valence-corrected chi connectivity index (χ0v) is 21.4. The summed E-state index contributed by atoms with van der Waals surface area (Å²) in [7, 11) is 3.03. The number of urea groups is 1. The molecule has 2 aliphatic rings. The molecule has 2 aliphatic heterocycles. The molecule has 1 N–H and O–H groups in total.